The molecule has 0 fully saturated rings. The van der Waals surface area contributed by atoms with E-state index in [9.17, 15) is 4.21 Å². The molecule has 2 N–H and O–H groups in total. The summed E-state index contributed by atoms with van der Waals surface area (Å²) in [6.45, 7) is 2.58. The van der Waals surface area contributed by atoms with E-state index in [0.717, 1.165) is 31.7 Å². The lowest BCUT2D eigenvalue weighted by molar-refractivity contribution is 0.572. The molecule has 1 aromatic rings. The van der Waals surface area contributed by atoms with E-state index in [4.69, 9.17) is 4.78 Å². The normalized spacial score (nSPS) is 20.9. The lowest BCUT2D eigenvalue weighted by atomic mass is 10.4. The second-order valence-corrected chi connectivity index (χ2v) is 5.68. The van der Waals surface area contributed by atoms with Gasteiger partial charge >= 0.3 is 0 Å². The maximum absolute atomic E-state index is 11.5. The lowest BCUT2D eigenvalue weighted by Crippen LogP contribution is -2.11. The summed E-state index contributed by atoms with van der Waals surface area (Å²) in [5.41, 5.74) is 1.03. The highest BCUT2D eigenvalue weighted by atomic mass is 32.2. The van der Waals surface area contributed by atoms with Gasteiger partial charge in [0.1, 0.15) is 0 Å². The number of aromatic nitrogens is 2. The molecule has 0 amide bonds. The van der Waals surface area contributed by atoms with Crippen molar-refractivity contribution >= 4 is 9.73 Å². The van der Waals surface area contributed by atoms with Crippen molar-refractivity contribution in [1.29, 1.82) is 4.78 Å². The Hall–Kier alpha value is -0.880. The van der Waals surface area contributed by atoms with Gasteiger partial charge in [-0.3, -0.25) is 4.68 Å². The second-order valence-electron chi connectivity index (χ2n) is 3.57. The minimum atomic E-state index is -2.67. The Kier molecular flexibility index (Phi) is 2.32. The van der Waals surface area contributed by atoms with E-state index in [2.05, 4.69) is 10.4 Å². The summed E-state index contributed by atoms with van der Waals surface area (Å²) in [6, 6.07) is 1.77. The predicted octanol–water partition coefficient (Wildman–Crippen LogP) is 0.412. The van der Waals surface area contributed by atoms with Crippen LogP contribution >= 0.6 is 0 Å². The fourth-order valence-corrected chi connectivity index (χ4v) is 2.14. The fraction of sp³-hybridized carbons (Fsp3) is 0.625. The van der Waals surface area contributed by atoms with Crippen LogP contribution in [0.2, 0.25) is 0 Å². The molecule has 0 saturated heterocycles. The van der Waals surface area contributed by atoms with E-state index < -0.39 is 9.73 Å². The van der Waals surface area contributed by atoms with Crippen molar-refractivity contribution in [2.45, 2.75) is 24.5 Å². The minimum absolute atomic E-state index is 0.399. The number of aryl methyl sites for hydroxylation is 1. The molecular weight excluding hydrogens is 200 g/mol. The Bertz CT molecular complexity index is 411. The molecule has 0 radical (unpaired) electrons. The van der Waals surface area contributed by atoms with Crippen molar-refractivity contribution in [3.05, 3.63) is 11.8 Å². The Morgan fingerprint density at radius 1 is 1.71 bits per heavy atom. The molecule has 0 spiro atoms. The van der Waals surface area contributed by atoms with Gasteiger partial charge in [0.15, 0.2) is 5.03 Å². The Labute approximate surface area is 83.5 Å². The van der Waals surface area contributed by atoms with Crippen LogP contribution < -0.4 is 5.32 Å². The highest BCUT2D eigenvalue weighted by Crippen LogP contribution is 2.12. The SMILES string of the molecule is CS(=N)(=O)c1cc2n(n1)CCCNC2. The van der Waals surface area contributed by atoms with Crippen LogP contribution in [0.3, 0.4) is 0 Å². The van der Waals surface area contributed by atoms with Crippen LogP contribution in [-0.4, -0.2) is 26.8 Å². The zero-order valence-electron chi connectivity index (χ0n) is 8.12. The van der Waals surface area contributed by atoms with Gasteiger partial charge in [0.25, 0.3) is 0 Å². The zero-order chi connectivity index (χ0) is 10.2. The van der Waals surface area contributed by atoms with Crippen LogP contribution in [0.4, 0.5) is 0 Å². The van der Waals surface area contributed by atoms with E-state index in [1.807, 2.05) is 4.68 Å². The van der Waals surface area contributed by atoms with Gasteiger partial charge in [0, 0.05) is 19.3 Å². The van der Waals surface area contributed by atoms with Gasteiger partial charge in [-0.15, -0.1) is 0 Å². The molecule has 78 valence electrons. The summed E-state index contributed by atoms with van der Waals surface area (Å²) in [6.07, 6.45) is 2.43. The minimum Gasteiger partial charge on any atom is -0.311 e. The Morgan fingerprint density at radius 3 is 3.21 bits per heavy atom. The Morgan fingerprint density at radius 2 is 2.50 bits per heavy atom. The topological polar surface area (TPSA) is 70.8 Å². The van der Waals surface area contributed by atoms with Crippen molar-refractivity contribution in [1.82, 2.24) is 15.1 Å². The molecule has 6 heteroatoms. The van der Waals surface area contributed by atoms with Crippen molar-refractivity contribution in [3.8, 4) is 0 Å². The molecule has 5 nitrogen and oxygen atoms in total. The predicted molar refractivity (Wildman–Crippen MR) is 53.6 cm³/mol. The number of fused-ring (bicyclic) bond motifs is 1. The molecule has 1 atom stereocenters. The zero-order valence-corrected chi connectivity index (χ0v) is 8.93. The van der Waals surface area contributed by atoms with Crippen LogP contribution in [0, 0.1) is 4.78 Å². The summed E-state index contributed by atoms with van der Waals surface area (Å²) in [7, 11) is -2.67. The highest BCUT2D eigenvalue weighted by Gasteiger charge is 2.14. The van der Waals surface area contributed by atoms with Crippen molar-refractivity contribution in [2.24, 2.45) is 0 Å². The van der Waals surface area contributed by atoms with E-state index in [0.29, 0.717) is 5.03 Å². The molecule has 1 unspecified atom stereocenters. The third-order valence-corrected chi connectivity index (χ3v) is 3.27. The highest BCUT2D eigenvalue weighted by molar-refractivity contribution is 7.91. The van der Waals surface area contributed by atoms with Gasteiger partial charge in [-0.2, -0.15) is 5.10 Å². The first-order valence-corrected chi connectivity index (χ1v) is 6.55. The third-order valence-electron chi connectivity index (χ3n) is 2.27. The molecule has 1 aromatic heterocycles. The van der Waals surface area contributed by atoms with Crippen LogP contribution in [0.25, 0.3) is 0 Å². The first-order chi connectivity index (χ1) is 6.57. The second kappa shape index (κ2) is 3.36. The van der Waals surface area contributed by atoms with Gasteiger partial charge in [0.05, 0.1) is 15.4 Å². The molecule has 1 aliphatic rings. The van der Waals surface area contributed by atoms with Crippen molar-refractivity contribution in [3.63, 3.8) is 0 Å². The molecule has 2 rings (SSSR count). The average molecular weight is 214 g/mol. The van der Waals surface area contributed by atoms with Gasteiger partial charge in [0.2, 0.25) is 0 Å². The van der Waals surface area contributed by atoms with Crippen LogP contribution in [0.15, 0.2) is 11.1 Å². The maximum Gasteiger partial charge on any atom is 0.157 e. The summed E-state index contributed by atoms with van der Waals surface area (Å²) >= 11 is 0. The molecule has 14 heavy (non-hydrogen) atoms. The van der Waals surface area contributed by atoms with Gasteiger partial charge < -0.3 is 5.32 Å². The number of hydrogen-bond acceptors (Lipinski definition) is 4. The van der Waals surface area contributed by atoms with E-state index in [1.54, 1.807) is 6.07 Å². The number of nitrogens with zero attached hydrogens (tertiary/aromatic N) is 2. The van der Waals surface area contributed by atoms with Crippen molar-refractivity contribution < 1.29 is 4.21 Å². The van der Waals surface area contributed by atoms with Gasteiger partial charge in [-0.05, 0) is 19.0 Å². The van der Waals surface area contributed by atoms with E-state index in [-0.39, 0.29) is 0 Å². The number of nitrogens with one attached hydrogen (secondary N) is 2. The molecule has 0 aromatic carbocycles. The standard InChI is InChI=1S/C8H14N4OS/c1-14(9,13)8-5-7-6-10-3-2-4-12(7)11-8/h5,9-10H,2-4,6H2,1H3. The first-order valence-electron chi connectivity index (χ1n) is 4.58. The lowest BCUT2D eigenvalue weighted by Gasteiger charge is -1.98. The molecule has 1 aliphatic heterocycles. The van der Waals surface area contributed by atoms with Gasteiger partial charge in [-0.1, -0.05) is 0 Å². The quantitative estimate of drug-likeness (QED) is 0.711. The van der Waals surface area contributed by atoms with Crippen LogP contribution in [0.5, 0.6) is 0 Å². The largest absolute Gasteiger partial charge is 0.311 e. The molecule has 0 saturated carbocycles. The van der Waals surface area contributed by atoms with E-state index >= 15 is 0 Å². The smallest absolute Gasteiger partial charge is 0.157 e. The molecule has 0 aliphatic carbocycles. The monoisotopic (exact) mass is 214 g/mol. The summed E-state index contributed by atoms with van der Waals surface area (Å²) < 4.78 is 20.8. The summed E-state index contributed by atoms with van der Waals surface area (Å²) in [5, 5.41) is 7.85. The Balaban J connectivity index is 2.41. The number of rotatable bonds is 1. The summed E-state index contributed by atoms with van der Waals surface area (Å²) in [4.78, 5) is 0. The fourth-order valence-electron chi connectivity index (χ4n) is 1.53. The average Bonchev–Trinajstić information content (AvgIpc) is 2.38. The molecule has 0 bridgehead atoms. The van der Waals surface area contributed by atoms with Crippen LogP contribution in [0.1, 0.15) is 12.1 Å². The van der Waals surface area contributed by atoms with E-state index in [1.165, 1.54) is 6.26 Å². The third kappa shape index (κ3) is 1.80. The van der Waals surface area contributed by atoms with Gasteiger partial charge in [-0.25, -0.2) is 8.99 Å². The molecular formula is C8H14N4OS. The number of hydrogen-bond donors (Lipinski definition) is 2. The van der Waals surface area contributed by atoms with Crippen LogP contribution in [-0.2, 0) is 22.8 Å². The summed E-state index contributed by atoms with van der Waals surface area (Å²) in [5.74, 6) is 0. The maximum atomic E-state index is 11.5. The molecule has 2 heterocycles. The van der Waals surface area contributed by atoms with Crippen molar-refractivity contribution in [2.75, 3.05) is 12.8 Å². The first kappa shape index (κ1) is 9.67.